The fourth-order valence-electron chi connectivity index (χ4n) is 2.11. The van der Waals surface area contributed by atoms with Crippen LogP contribution in [0.15, 0.2) is 40.5 Å². The van der Waals surface area contributed by atoms with Crippen LogP contribution in [-0.2, 0) is 26.2 Å². The minimum absolute atomic E-state index is 0. The molecule has 0 aromatic carbocycles. The maximum atomic E-state index is 3.61. The molecule has 91 valence electrons. The maximum Gasteiger partial charge on any atom is 3.00 e. The molecule has 1 radical (unpaired) electrons. The second-order valence-corrected chi connectivity index (χ2v) is 4.70. The summed E-state index contributed by atoms with van der Waals surface area (Å²) >= 11 is 0. The van der Waals surface area contributed by atoms with Gasteiger partial charge >= 0.3 is 26.2 Å². The quantitative estimate of drug-likeness (QED) is 0.481. The van der Waals surface area contributed by atoms with Crippen molar-refractivity contribution in [3.05, 3.63) is 46.6 Å². The molecule has 0 fully saturated rings. The first-order chi connectivity index (χ1) is 6.52. The van der Waals surface area contributed by atoms with Crippen molar-refractivity contribution < 1.29 is 51.0 Å². The zero-order valence-electron chi connectivity index (χ0n) is 10.7. The van der Waals surface area contributed by atoms with Crippen LogP contribution in [0.4, 0.5) is 0 Å². The van der Waals surface area contributed by atoms with Crippen LogP contribution in [0.1, 0.15) is 34.1 Å². The van der Waals surface area contributed by atoms with Crippen molar-refractivity contribution in [2.24, 2.45) is 5.41 Å². The Morgan fingerprint density at radius 2 is 1.76 bits per heavy atom. The van der Waals surface area contributed by atoms with E-state index in [0.717, 1.165) is 6.42 Å². The van der Waals surface area contributed by atoms with Crippen molar-refractivity contribution in [1.29, 1.82) is 0 Å². The zero-order chi connectivity index (χ0) is 10.3. The predicted molar refractivity (Wildman–Crippen MR) is 60.8 cm³/mol. The first-order valence-electron chi connectivity index (χ1n) is 5.22. The minimum Gasteiger partial charge on any atom is -1.00 e. The van der Waals surface area contributed by atoms with Gasteiger partial charge in [-0.25, -0.2) is 0 Å². The van der Waals surface area contributed by atoms with Gasteiger partial charge in [-0.05, 0) is 0 Å². The molecule has 0 bridgehead atoms. The summed E-state index contributed by atoms with van der Waals surface area (Å²) in [6.07, 6.45) is 11.2. The van der Waals surface area contributed by atoms with E-state index < -0.39 is 0 Å². The maximum absolute atomic E-state index is 3.61. The molecule has 0 heterocycles. The van der Waals surface area contributed by atoms with Crippen molar-refractivity contribution in [3.63, 3.8) is 0 Å². The first kappa shape index (κ1) is 19.8. The van der Waals surface area contributed by atoms with Gasteiger partial charge in [-0.2, -0.15) is 17.2 Å². The molecule has 3 heteroatoms. The van der Waals surface area contributed by atoms with Gasteiger partial charge < -0.3 is 24.8 Å². The smallest absolute Gasteiger partial charge is 1.00 e. The van der Waals surface area contributed by atoms with Crippen molar-refractivity contribution in [2.75, 3.05) is 0 Å². The summed E-state index contributed by atoms with van der Waals surface area (Å²) in [6.45, 7) is 8.91. The molecule has 2 aliphatic carbocycles. The molecular weight excluding hydrogens is 330 g/mol. The molecular formula is C14H17Cl2Zr. The molecule has 0 saturated heterocycles. The van der Waals surface area contributed by atoms with Crippen molar-refractivity contribution in [3.8, 4) is 0 Å². The number of rotatable bonds is 1. The molecule has 0 nitrogen and oxygen atoms in total. The molecule has 0 N–H and O–H groups in total. The van der Waals surface area contributed by atoms with Crippen LogP contribution in [0.3, 0.4) is 0 Å². The number of halogens is 2. The second kappa shape index (κ2) is 7.12. The van der Waals surface area contributed by atoms with E-state index in [1.807, 2.05) is 0 Å². The van der Waals surface area contributed by atoms with Gasteiger partial charge in [-0.15, -0.1) is 17.2 Å². The molecule has 0 aromatic heterocycles. The van der Waals surface area contributed by atoms with Gasteiger partial charge in [0.15, 0.2) is 0 Å². The van der Waals surface area contributed by atoms with E-state index in [0.29, 0.717) is 0 Å². The Balaban J connectivity index is 0. The van der Waals surface area contributed by atoms with E-state index >= 15 is 0 Å². The standard InChI is InChI=1S/C14H17.2ClH.Zr/c1-10-11(2)14(3,4)9-13(10)12-7-5-6-8-12;;;/h5-7H,8H2,1-4H3;2*1H;/q-1;;;+3/p-2. The first-order valence-corrected chi connectivity index (χ1v) is 5.22. The Hall–Kier alpha value is 0.423. The molecule has 0 aromatic rings. The molecule has 0 unspecified atom stereocenters. The minimum atomic E-state index is 0. The topological polar surface area (TPSA) is 0 Å². The van der Waals surface area contributed by atoms with Gasteiger partial charge in [0.1, 0.15) is 0 Å². The summed E-state index contributed by atoms with van der Waals surface area (Å²) in [4.78, 5) is 0. The average Bonchev–Trinajstić information content (AvgIpc) is 2.69. The molecule has 0 amide bonds. The van der Waals surface area contributed by atoms with Crippen LogP contribution in [0.25, 0.3) is 0 Å². The van der Waals surface area contributed by atoms with E-state index in [-0.39, 0.29) is 56.4 Å². The summed E-state index contributed by atoms with van der Waals surface area (Å²) in [5.41, 5.74) is 5.78. The van der Waals surface area contributed by atoms with E-state index in [4.69, 9.17) is 0 Å². The van der Waals surface area contributed by atoms with Crippen molar-refractivity contribution in [2.45, 2.75) is 34.1 Å². The van der Waals surface area contributed by atoms with Gasteiger partial charge in [0.2, 0.25) is 0 Å². The van der Waals surface area contributed by atoms with Crippen LogP contribution >= 0.6 is 0 Å². The molecule has 0 spiro atoms. The van der Waals surface area contributed by atoms with Gasteiger partial charge in [-0.1, -0.05) is 51.7 Å². The van der Waals surface area contributed by atoms with Gasteiger partial charge in [-0.3, -0.25) is 0 Å². The number of allylic oxidation sites excluding steroid dienone is 8. The third-order valence-electron chi connectivity index (χ3n) is 3.40. The summed E-state index contributed by atoms with van der Waals surface area (Å²) < 4.78 is 0. The summed E-state index contributed by atoms with van der Waals surface area (Å²) in [6, 6.07) is 0. The Labute approximate surface area is 136 Å². The molecule has 0 saturated carbocycles. The molecule has 17 heavy (non-hydrogen) atoms. The summed E-state index contributed by atoms with van der Waals surface area (Å²) in [5, 5.41) is 0. The van der Waals surface area contributed by atoms with E-state index in [1.165, 1.54) is 22.3 Å². The van der Waals surface area contributed by atoms with Crippen LogP contribution in [0, 0.1) is 11.5 Å². The van der Waals surface area contributed by atoms with Crippen molar-refractivity contribution >= 4 is 0 Å². The third-order valence-corrected chi connectivity index (χ3v) is 3.40. The Bertz CT molecular complexity index is 398. The van der Waals surface area contributed by atoms with Gasteiger partial charge in [0, 0.05) is 0 Å². The third kappa shape index (κ3) is 3.69. The molecule has 2 aliphatic rings. The monoisotopic (exact) mass is 345 g/mol. The van der Waals surface area contributed by atoms with Crippen LogP contribution in [-0.4, -0.2) is 0 Å². The van der Waals surface area contributed by atoms with Gasteiger partial charge in [0.25, 0.3) is 0 Å². The van der Waals surface area contributed by atoms with E-state index in [2.05, 4.69) is 52.0 Å². The summed E-state index contributed by atoms with van der Waals surface area (Å²) in [7, 11) is 0. The fourth-order valence-corrected chi connectivity index (χ4v) is 2.11. The Kier molecular flexibility index (Phi) is 8.27. The normalized spacial score (nSPS) is 20.0. The fraction of sp³-hybridized carbons (Fsp3) is 0.429. The Morgan fingerprint density at radius 1 is 1.18 bits per heavy atom. The van der Waals surface area contributed by atoms with Crippen LogP contribution in [0.2, 0.25) is 0 Å². The zero-order valence-corrected chi connectivity index (χ0v) is 14.7. The van der Waals surface area contributed by atoms with Crippen molar-refractivity contribution in [1.82, 2.24) is 0 Å². The largest absolute Gasteiger partial charge is 3.00 e. The number of hydrogen-bond donors (Lipinski definition) is 0. The molecule has 0 atom stereocenters. The SMILES string of the molecule is CC1=C(C)C(C)(C)[C-]=C1C1=CC=CC1.[Cl-].[Cl-].[Zr+3]. The van der Waals surface area contributed by atoms with Crippen LogP contribution < -0.4 is 24.8 Å². The summed E-state index contributed by atoms with van der Waals surface area (Å²) in [5.74, 6) is 0. The van der Waals surface area contributed by atoms with E-state index in [9.17, 15) is 0 Å². The second-order valence-electron chi connectivity index (χ2n) is 4.70. The molecule has 2 rings (SSSR count). The van der Waals surface area contributed by atoms with Crippen LogP contribution in [0.5, 0.6) is 0 Å². The Morgan fingerprint density at radius 3 is 2.12 bits per heavy atom. The average molecular weight is 347 g/mol. The van der Waals surface area contributed by atoms with Gasteiger partial charge in [0.05, 0.1) is 0 Å². The number of hydrogen-bond acceptors (Lipinski definition) is 0. The molecule has 0 aliphatic heterocycles. The predicted octanol–water partition coefficient (Wildman–Crippen LogP) is -2.02. The van der Waals surface area contributed by atoms with E-state index in [1.54, 1.807) is 0 Å².